The molecule has 6 nitrogen and oxygen atoms in total. The van der Waals surface area contributed by atoms with Crippen LogP contribution in [0.5, 0.6) is 0 Å². The van der Waals surface area contributed by atoms with Gasteiger partial charge >= 0.3 is 0 Å². The van der Waals surface area contributed by atoms with Crippen LogP contribution in [0.25, 0.3) is 10.9 Å². The van der Waals surface area contributed by atoms with Crippen LogP contribution in [0.4, 0.5) is 5.95 Å². The number of fused-ring (bicyclic) bond motifs is 1. The first kappa shape index (κ1) is 17.8. The van der Waals surface area contributed by atoms with Gasteiger partial charge in [0.05, 0.1) is 11.1 Å². The summed E-state index contributed by atoms with van der Waals surface area (Å²) >= 11 is 0. The number of aryl methyl sites for hydroxylation is 3. The van der Waals surface area contributed by atoms with Gasteiger partial charge in [-0.25, -0.2) is 9.97 Å². The molecule has 1 N–H and O–H groups in total. The van der Waals surface area contributed by atoms with E-state index in [0.717, 1.165) is 33.3 Å². The Balaban J connectivity index is 1.95. The number of pyridine rings is 1. The first-order chi connectivity index (χ1) is 12.4. The standard InChI is InChI=1S/C20H23N5O/c1-12-6-13(2)18-16(7-12)17(8-14(3)24-18)19(26)25(5)11-15-9-22-20(21-4)23-10-15/h6-10H,11H2,1-5H3,(H,21,22,23). The molecule has 0 bridgehead atoms. The van der Waals surface area contributed by atoms with Gasteiger partial charge in [-0.3, -0.25) is 9.78 Å². The van der Waals surface area contributed by atoms with E-state index in [0.29, 0.717) is 18.1 Å². The van der Waals surface area contributed by atoms with Gasteiger partial charge in [0.15, 0.2) is 0 Å². The van der Waals surface area contributed by atoms with Gasteiger partial charge in [0, 0.05) is 49.7 Å². The number of nitrogens with one attached hydrogen (secondary N) is 1. The molecule has 134 valence electrons. The maximum atomic E-state index is 13.1. The lowest BCUT2D eigenvalue weighted by atomic mass is 10.0. The van der Waals surface area contributed by atoms with E-state index in [1.807, 2.05) is 32.9 Å². The molecule has 0 aliphatic carbocycles. The van der Waals surface area contributed by atoms with E-state index in [9.17, 15) is 4.79 Å². The highest BCUT2D eigenvalue weighted by atomic mass is 16.2. The summed E-state index contributed by atoms with van der Waals surface area (Å²) < 4.78 is 0. The smallest absolute Gasteiger partial charge is 0.254 e. The second-order valence-electron chi connectivity index (χ2n) is 6.62. The summed E-state index contributed by atoms with van der Waals surface area (Å²) in [5, 5.41) is 3.78. The fourth-order valence-corrected chi connectivity index (χ4v) is 3.10. The molecule has 0 saturated heterocycles. The highest BCUT2D eigenvalue weighted by Gasteiger charge is 2.18. The van der Waals surface area contributed by atoms with Gasteiger partial charge in [-0.05, 0) is 38.5 Å². The second-order valence-corrected chi connectivity index (χ2v) is 6.62. The summed E-state index contributed by atoms with van der Waals surface area (Å²) in [6.07, 6.45) is 3.46. The van der Waals surface area contributed by atoms with Crippen molar-refractivity contribution >= 4 is 22.8 Å². The fraction of sp³-hybridized carbons (Fsp3) is 0.300. The molecule has 3 rings (SSSR count). The number of anilines is 1. The van der Waals surface area contributed by atoms with Crippen LogP contribution in [-0.4, -0.2) is 39.9 Å². The summed E-state index contributed by atoms with van der Waals surface area (Å²) in [6.45, 7) is 6.42. The Bertz CT molecular complexity index is 966. The molecule has 0 spiro atoms. The van der Waals surface area contributed by atoms with E-state index in [1.165, 1.54) is 0 Å². The Morgan fingerprint density at radius 3 is 2.46 bits per heavy atom. The van der Waals surface area contributed by atoms with Gasteiger partial charge in [0.25, 0.3) is 5.91 Å². The molecule has 3 aromatic rings. The lowest BCUT2D eigenvalue weighted by molar-refractivity contribution is 0.0786. The Morgan fingerprint density at radius 1 is 1.12 bits per heavy atom. The zero-order valence-corrected chi connectivity index (χ0v) is 15.8. The Hall–Kier alpha value is -3.02. The number of carbonyl (C=O) groups excluding carboxylic acids is 1. The summed E-state index contributed by atoms with van der Waals surface area (Å²) in [7, 11) is 3.56. The minimum atomic E-state index is -0.0387. The van der Waals surface area contributed by atoms with Crippen LogP contribution < -0.4 is 5.32 Å². The molecule has 6 heteroatoms. The number of carbonyl (C=O) groups is 1. The summed E-state index contributed by atoms with van der Waals surface area (Å²) in [6, 6.07) is 5.98. The topological polar surface area (TPSA) is 71.0 Å². The van der Waals surface area contributed by atoms with Crippen molar-refractivity contribution in [2.45, 2.75) is 27.3 Å². The first-order valence-corrected chi connectivity index (χ1v) is 8.51. The molecule has 0 aliphatic heterocycles. The summed E-state index contributed by atoms with van der Waals surface area (Å²) in [5.74, 6) is 0.521. The van der Waals surface area contributed by atoms with Crippen molar-refractivity contribution in [2.24, 2.45) is 0 Å². The zero-order valence-electron chi connectivity index (χ0n) is 15.8. The molecule has 0 aliphatic rings. The molecule has 0 fully saturated rings. The normalized spacial score (nSPS) is 10.8. The van der Waals surface area contributed by atoms with Gasteiger partial charge in [0.2, 0.25) is 5.95 Å². The predicted octanol–water partition coefficient (Wildman–Crippen LogP) is 3.26. The van der Waals surface area contributed by atoms with Crippen LogP contribution >= 0.6 is 0 Å². The van der Waals surface area contributed by atoms with E-state index in [1.54, 1.807) is 31.4 Å². The molecule has 2 heterocycles. The minimum Gasteiger partial charge on any atom is -0.357 e. The fourth-order valence-electron chi connectivity index (χ4n) is 3.10. The number of rotatable bonds is 4. The lowest BCUT2D eigenvalue weighted by Gasteiger charge is -2.19. The minimum absolute atomic E-state index is 0.0387. The monoisotopic (exact) mass is 349 g/mol. The van der Waals surface area contributed by atoms with Crippen molar-refractivity contribution < 1.29 is 4.79 Å². The SMILES string of the molecule is CNc1ncc(CN(C)C(=O)c2cc(C)nc3c(C)cc(C)cc23)cn1. The Kier molecular flexibility index (Phi) is 4.84. The van der Waals surface area contributed by atoms with Gasteiger partial charge in [0.1, 0.15) is 0 Å². The van der Waals surface area contributed by atoms with Crippen LogP contribution in [0, 0.1) is 20.8 Å². The van der Waals surface area contributed by atoms with E-state index < -0.39 is 0 Å². The Labute approximate surface area is 153 Å². The van der Waals surface area contributed by atoms with E-state index in [-0.39, 0.29) is 5.91 Å². The molecule has 0 atom stereocenters. The molecule has 0 radical (unpaired) electrons. The van der Waals surface area contributed by atoms with Crippen LogP contribution in [0.2, 0.25) is 0 Å². The highest BCUT2D eigenvalue weighted by Crippen LogP contribution is 2.24. The van der Waals surface area contributed by atoms with Crippen LogP contribution in [0.15, 0.2) is 30.6 Å². The van der Waals surface area contributed by atoms with Crippen molar-refractivity contribution in [1.29, 1.82) is 0 Å². The van der Waals surface area contributed by atoms with Crippen LogP contribution in [-0.2, 0) is 6.54 Å². The van der Waals surface area contributed by atoms with E-state index in [4.69, 9.17) is 0 Å². The molecule has 26 heavy (non-hydrogen) atoms. The first-order valence-electron chi connectivity index (χ1n) is 8.51. The number of aromatic nitrogens is 3. The maximum Gasteiger partial charge on any atom is 0.254 e. The third kappa shape index (κ3) is 3.49. The van der Waals surface area contributed by atoms with Crippen molar-refractivity contribution in [3.63, 3.8) is 0 Å². The van der Waals surface area contributed by atoms with Crippen molar-refractivity contribution in [1.82, 2.24) is 19.9 Å². The zero-order chi connectivity index (χ0) is 18.8. The molecule has 0 saturated carbocycles. The molecule has 1 aromatic carbocycles. The number of amides is 1. The van der Waals surface area contributed by atoms with E-state index >= 15 is 0 Å². The number of hydrogen-bond donors (Lipinski definition) is 1. The van der Waals surface area contributed by atoms with Crippen molar-refractivity contribution in [2.75, 3.05) is 19.4 Å². The second kappa shape index (κ2) is 7.07. The molecular formula is C20H23N5O. The van der Waals surface area contributed by atoms with Gasteiger partial charge in [-0.15, -0.1) is 0 Å². The number of hydrogen-bond acceptors (Lipinski definition) is 5. The maximum absolute atomic E-state index is 13.1. The van der Waals surface area contributed by atoms with Crippen molar-refractivity contribution in [3.05, 3.63) is 58.5 Å². The number of nitrogens with zero attached hydrogens (tertiary/aromatic N) is 4. The predicted molar refractivity (Wildman–Crippen MR) is 103 cm³/mol. The summed E-state index contributed by atoms with van der Waals surface area (Å²) in [5.41, 5.74) is 5.47. The van der Waals surface area contributed by atoms with Gasteiger partial charge in [-0.2, -0.15) is 0 Å². The van der Waals surface area contributed by atoms with Crippen LogP contribution in [0.1, 0.15) is 32.7 Å². The third-order valence-electron chi connectivity index (χ3n) is 4.30. The molecule has 1 amide bonds. The Morgan fingerprint density at radius 2 is 1.81 bits per heavy atom. The van der Waals surface area contributed by atoms with Gasteiger partial charge < -0.3 is 10.2 Å². The average molecular weight is 349 g/mol. The van der Waals surface area contributed by atoms with E-state index in [2.05, 4.69) is 26.3 Å². The molecule has 0 unspecified atom stereocenters. The van der Waals surface area contributed by atoms with Crippen LogP contribution in [0.3, 0.4) is 0 Å². The van der Waals surface area contributed by atoms with Gasteiger partial charge in [-0.1, -0.05) is 11.6 Å². The third-order valence-corrected chi connectivity index (χ3v) is 4.30. The average Bonchev–Trinajstić information content (AvgIpc) is 2.62. The molecular weight excluding hydrogens is 326 g/mol. The number of benzene rings is 1. The molecule has 2 aromatic heterocycles. The largest absolute Gasteiger partial charge is 0.357 e. The van der Waals surface area contributed by atoms with Crippen molar-refractivity contribution in [3.8, 4) is 0 Å². The summed E-state index contributed by atoms with van der Waals surface area (Å²) in [4.78, 5) is 27.8. The highest BCUT2D eigenvalue weighted by molar-refractivity contribution is 6.06. The lowest BCUT2D eigenvalue weighted by Crippen LogP contribution is -2.27. The quantitative estimate of drug-likeness (QED) is 0.783.